The van der Waals surface area contributed by atoms with Gasteiger partial charge in [0, 0.05) is 6.42 Å². The number of ether oxygens (including phenoxy) is 2. The first-order valence-electron chi connectivity index (χ1n) is 5.61. The Hall–Kier alpha value is -1.55. The Balaban J connectivity index is 2.93. The number of halogens is 1. The van der Waals surface area contributed by atoms with E-state index in [9.17, 15) is 9.59 Å². The van der Waals surface area contributed by atoms with Crippen LogP contribution in [0, 0.1) is 0 Å². The molecule has 1 rings (SSSR count). The monoisotopic (exact) mass is 270 g/mol. The van der Waals surface area contributed by atoms with Gasteiger partial charge in [-0.05, 0) is 25.0 Å². The minimum Gasteiger partial charge on any atom is -0.469 e. The Labute approximate surface area is 111 Å². The molecule has 0 unspecified atom stereocenters. The minimum absolute atomic E-state index is 0.198. The molecule has 0 N–H and O–H groups in total. The fraction of sp³-hybridized carbons (Fsp3) is 0.385. The predicted octanol–water partition coefficient (Wildman–Crippen LogP) is 2.62. The lowest BCUT2D eigenvalue weighted by Gasteiger charge is -2.10. The fourth-order valence-corrected chi connectivity index (χ4v) is 1.82. The Morgan fingerprint density at radius 1 is 1.33 bits per heavy atom. The number of methoxy groups -OCH3 is 1. The first-order valence-corrected chi connectivity index (χ1v) is 5.99. The molecule has 5 heteroatoms. The second kappa shape index (κ2) is 7.01. The van der Waals surface area contributed by atoms with E-state index < -0.39 is 5.97 Å². The summed E-state index contributed by atoms with van der Waals surface area (Å²) in [4.78, 5) is 22.9. The summed E-state index contributed by atoms with van der Waals surface area (Å²) >= 11 is 5.99. The van der Waals surface area contributed by atoms with Gasteiger partial charge in [-0.3, -0.25) is 4.79 Å². The average Bonchev–Trinajstić information content (AvgIpc) is 2.36. The highest BCUT2D eigenvalue weighted by Gasteiger charge is 2.17. The number of benzene rings is 1. The molecule has 98 valence electrons. The summed E-state index contributed by atoms with van der Waals surface area (Å²) in [7, 11) is 1.33. The largest absolute Gasteiger partial charge is 0.469 e. The van der Waals surface area contributed by atoms with Gasteiger partial charge in [-0.1, -0.05) is 23.7 Å². The number of aryl methyl sites for hydroxylation is 1. The zero-order valence-electron chi connectivity index (χ0n) is 10.4. The van der Waals surface area contributed by atoms with Crippen LogP contribution in [0.15, 0.2) is 18.2 Å². The van der Waals surface area contributed by atoms with Gasteiger partial charge >= 0.3 is 11.9 Å². The van der Waals surface area contributed by atoms with Crippen LogP contribution in [0.2, 0.25) is 5.02 Å². The number of carbonyl (C=O) groups excluding carboxylic acids is 2. The van der Waals surface area contributed by atoms with E-state index >= 15 is 0 Å². The highest BCUT2D eigenvalue weighted by atomic mass is 35.5. The summed E-state index contributed by atoms with van der Waals surface area (Å²) in [5.41, 5.74) is 1.01. The van der Waals surface area contributed by atoms with Gasteiger partial charge in [-0.15, -0.1) is 0 Å². The van der Waals surface area contributed by atoms with Crippen LogP contribution in [-0.4, -0.2) is 25.7 Å². The molecular formula is C13H15ClO4. The molecule has 4 nitrogen and oxygen atoms in total. The van der Waals surface area contributed by atoms with E-state index in [1.165, 1.54) is 7.11 Å². The predicted molar refractivity (Wildman–Crippen MR) is 67.7 cm³/mol. The highest BCUT2D eigenvalue weighted by Crippen LogP contribution is 2.22. The number of hydrogen-bond acceptors (Lipinski definition) is 4. The van der Waals surface area contributed by atoms with Gasteiger partial charge in [-0.25, -0.2) is 4.79 Å². The Morgan fingerprint density at radius 3 is 2.67 bits per heavy atom. The topological polar surface area (TPSA) is 52.6 Å². The zero-order chi connectivity index (χ0) is 13.5. The third-order valence-electron chi connectivity index (χ3n) is 2.41. The molecule has 0 spiro atoms. The molecule has 18 heavy (non-hydrogen) atoms. The fourth-order valence-electron chi connectivity index (χ4n) is 1.55. The standard InChI is InChI=1S/C13H15ClO4/c1-3-18-13(16)12-9(5-4-6-10(12)14)7-8-11(15)17-2/h4-6H,3,7-8H2,1-2H3. The van der Waals surface area contributed by atoms with Crippen molar-refractivity contribution in [3.8, 4) is 0 Å². The van der Waals surface area contributed by atoms with E-state index in [0.29, 0.717) is 22.6 Å². The zero-order valence-corrected chi connectivity index (χ0v) is 11.1. The maximum atomic E-state index is 11.8. The van der Waals surface area contributed by atoms with Crippen LogP contribution >= 0.6 is 11.6 Å². The van der Waals surface area contributed by atoms with E-state index in [1.54, 1.807) is 25.1 Å². The number of rotatable bonds is 5. The Bertz CT molecular complexity index is 443. The summed E-state index contributed by atoms with van der Waals surface area (Å²) in [6.07, 6.45) is 0.588. The smallest absolute Gasteiger partial charge is 0.339 e. The molecule has 0 fully saturated rings. The molecule has 0 aliphatic rings. The number of carbonyl (C=O) groups is 2. The van der Waals surface area contributed by atoms with E-state index in [0.717, 1.165) is 0 Å². The molecule has 1 aromatic rings. The number of hydrogen-bond donors (Lipinski definition) is 0. The van der Waals surface area contributed by atoms with Crippen LogP contribution in [0.25, 0.3) is 0 Å². The van der Waals surface area contributed by atoms with Gasteiger partial charge in [0.05, 0.1) is 24.3 Å². The maximum absolute atomic E-state index is 11.8. The van der Waals surface area contributed by atoms with E-state index in [-0.39, 0.29) is 19.0 Å². The lowest BCUT2D eigenvalue weighted by atomic mass is 10.0. The molecule has 0 amide bonds. The van der Waals surface area contributed by atoms with Crippen molar-refractivity contribution in [3.05, 3.63) is 34.3 Å². The van der Waals surface area contributed by atoms with Gasteiger partial charge in [0.1, 0.15) is 0 Å². The van der Waals surface area contributed by atoms with Crippen molar-refractivity contribution in [1.29, 1.82) is 0 Å². The molecule has 0 aromatic heterocycles. The van der Waals surface area contributed by atoms with E-state index in [1.807, 2.05) is 0 Å². The molecule has 0 bridgehead atoms. The molecule has 0 radical (unpaired) electrons. The molecule has 1 aromatic carbocycles. The highest BCUT2D eigenvalue weighted by molar-refractivity contribution is 6.33. The summed E-state index contributed by atoms with van der Waals surface area (Å²) in [6, 6.07) is 5.11. The van der Waals surface area contributed by atoms with Crippen molar-refractivity contribution in [2.24, 2.45) is 0 Å². The van der Waals surface area contributed by atoms with Crippen molar-refractivity contribution in [2.75, 3.05) is 13.7 Å². The first kappa shape index (κ1) is 14.5. The van der Waals surface area contributed by atoms with Crippen molar-refractivity contribution in [1.82, 2.24) is 0 Å². The molecule has 0 atom stereocenters. The SMILES string of the molecule is CCOC(=O)c1c(Cl)cccc1CCC(=O)OC. The minimum atomic E-state index is -0.469. The van der Waals surface area contributed by atoms with Crippen LogP contribution in [-0.2, 0) is 20.7 Å². The van der Waals surface area contributed by atoms with Crippen LogP contribution in [0.4, 0.5) is 0 Å². The quantitative estimate of drug-likeness (QED) is 0.772. The average molecular weight is 271 g/mol. The van der Waals surface area contributed by atoms with Gasteiger partial charge in [-0.2, -0.15) is 0 Å². The summed E-state index contributed by atoms with van der Waals surface area (Å²) < 4.78 is 9.50. The third kappa shape index (κ3) is 3.74. The van der Waals surface area contributed by atoms with Crippen LogP contribution in [0.5, 0.6) is 0 Å². The van der Waals surface area contributed by atoms with Crippen LogP contribution < -0.4 is 0 Å². The second-order valence-electron chi connectivity index (χ2n) is 3.57. The van der Waals surface area contributed by atoms with Gasteiger partial charge in [0.25, 0.3) is 0 Å². The molecule has 0 aliphatic heterocycles. The molecule has 0 saturated heterocycles. The number of esters is 2. The second-order valence-corrected chi connectivity index (χ2v) is 3.98. The van der Waals surface area contributed by atoms with Crippen LogP contribution in [0.3, 0.4) is 0 Å². The summed E-state index contributed by atoms with van der Waals surface area (Å²) in [5.74, 6) is -0.798. The van der Waals surface area contributed by atoms with Gasteiger partial charge in [0.15, 0.2) is 0 Å². The van der Waals surface area contributed by atoms with E-state index in [4.69, 9.17) is 16.3 Å². The molecule has 0 aliphatic carbocycles. The van der Waals surface area contributed by atoms with Crippen molar-refractivity contribution in [3.63, 3.8) is 0 Å². The summed E-state index contributed by atoms with van der Waals surface area (Å²) in [6.45, 7) is 2.00. The van der Waals surface area contributed by atoms with Crippen molar-refractivity contribution in [2.45, 2.75) is 19.8 Å². The van der Waals surface area contributed by atoms with Crippen molar-refractivity contribution >= 4 is 23.5 Å². The molecule has 0 heterocycles. The van der Waals surface area contributed by atoms with Gasteiger partial charge in [0.2, 0.25) is 0 Å². The van der Waals surface area contributed by atoms with Crippen LogP contribution in [0.1, 0.15) is 29.3 Å². The van der Waals surface area contributed by atoms with E-state index in [2.05, 4.69) is 4.74 Å². The Kier molecular flexibility index (Phi) is 5.65. The summed E-state index contributed by atoms with van der Waals surface area (Å²) in [5, 5.41) is 0.329. The van der Waals surface area contributed by atoms with Gasteiger partial charge < -0.3 is 9.47 Å². The lowest BCUT2D eigenvalue weighted by molar-refractivity contribution is -0.140. The normalized spacial score (nSPS) is 9.94. The Morgan fingerprint density at radius 2 is 2.06 bits per heavy atom. The lowest BCUT2D eigenvalue weighted by Crippen LogP contribution is -2.10. The maximum Gasteiger partial charge on any atom is 0.339 e. The third-order valence-corrected chi connectivity index (χ3v) is 2.72. The van der Waals surface area contributed by atoms with Crippen molar-refractivity contribution < 1.29 is 19.1 Å². The first-order chi connectivity index (χ1) is 8.60. The molecule has 0 saturated carbocycles. The molecular weight excluding hydrogens is 256 g/mol.